The molecule has 19 heteroatoms. The van der Waals surface area contributed by atoms with Gasteiger partial charge in [-0.05, 0) is 6.07 Å². The number of hydrogen-bond acceptors (Lipinski definition) is 12. The highest BCUT2D eigenvalue weighted by molar-refractivity contribution is 8.00. The van der Waals surface area contributed by atoms with Crippen molar-refractivity contribution < 1.29 is 34.1 Å². The molecule has 0 spiro atoms. The van der Waals surface area contributed by atoms with Gasteiger partial charge < -0.3 is 27.1 Å². The molecule has 3 aromatic rings. The molecule has 0 saturated carbocycles. The third kappa shape index (κ3) is 4.22. The predicted molar refractivity (Wildman–Crippen MR) is 131 cm³/mol. The van der Waals surface area contributed by atoms with Gasteiger partial charge in [-0.15, -0.1) is 11.8 Å². The molecule has 0 aromatic carbocycles. The average Bonchev–Trinajstić information content (AvgIpc) is 3.45. The Hall–Kier alpha value is -4.78. The van der Waals surface area contributed by atoms with E-state index in [9.17, 15) is 29.5 Å². The lowest BCUT2D eigenvalue weighted by molar-refractivity contribution is -0.662. The Morgan fingerprint density at radius 1 is 1.34 bits per heavy atom. The van der Waals surface area contributed by atoms with Crippen molar-refractivity contribution in [2.24, 2.45) is 10.9 Å². The molecule has 4 amide bonds. The second-order valence-corrected chi connectivity index (χ2v) is 9.84. The number of anilines is 2. The molecule has 5 rings (SSSR count). The quantitative estimate of drug-likeness (QED) is 0.0616. The Morgan fingerprint density at radius 3 is 2.79 bits per heavy atom. The van der Waals surface area contributed by atoms with E-state index in [0.717, 1.165) is 16.4 Å². The van der Waals surface area contributed by atoms with Crippen LogP contribution in [0.5, 0.6) is 0 Å². The number of nitrogens with zero attached hydrogens (tertiary/aromatic N) is 7. The molecule has 1 saturated heterocycles. The van der Waals surface area contributed by atoms with E-state index in [1.54, 1.807) is 22.9 Å². The van der Waals surface area contributed by atoms with Crippen molar-refractivity contribution in [2.45, 2.75) is 18.0 Å². The van der Waals surface area contributed by atoms with Gasteiger partial charge in [0.25, 0.3) is 17.6 Å². The van der Waals surface area contributed by atoms with E-state index in [4.69, 9.17) is 11.5 Å². The van der Waals surface area contributed by atoms with Gasteiger partial charge >= 0.3 is 17.6 Å². The SMILES string of the molecule is NC(=O)Nc1c[n+](CC2=C(C(=O)O)N3C(=O)[C@@H](NC(=O)/C(=N\O)c4nsc(N)n4)[C@H]3SC2)c2cccnn12. The number of fused-ring (bicyclic) bond motifs is 2. The summed E-state index contributed by atoms with van der Waals surface area (Å²) < 4.78 is 6.90. The van der Waals surface area contributed by atoms with E-state index < -0.39 is 40.9 Å². The smallest absolute Gasteiger partial charge is 0.352 e. The maximum Gasteiger partial charge on any atom is 0.352 e. The number of carbonyl (C=O) groups excluding carboxylic acids is 3. The van der Waals surface area contributed by atoms with Gasteiger partial charge in [0.15, 0.2) is 11.3 Å². The molecule has 0 aliphatic carbocycles. The number of β-lactam (4-membered cyclic amide) rings is 1. The normalized spacial score (nSPS) is 19.2. The maximum atomic E-state index is 13.0. The number of primary amides is 1. The van der Waals surface area contributed by atoms with E-state index in [1.165, 1.54) is 22.5 Å². The molecule has 0 radical (unpaired) electrons. The highest BCUT2D eigenvalue weighted by Gasteiger charge is 2.54. The monoisotopic (exact) mass is 560 g/mol. The van der Waals surface area contributed by atoms with Crippen LogP contribution < -0.4 is 26.7 Å². The van der Waals surface area contributed by atoms with E-state index in [1.807, 2.05) is 0 Å². The van der Waals surface area contributed by atoms with Crippen molar-refractivity contribution in [2.75, 3.05) is 16.8 Å². The van der Waals surface area contributed by atoms with Crippen LogP contribution in [-0.4, -0.2) is 80.9 Å². The number of nitrogen functional groups attached to an aromatic ring is 1. The number of carbonyl (C=O) groups is 4. The van der Waals surface area contributed by atoms with Gasteiger partial charge in [-0.25, -0.2) is 14.2 Å². The fourth-order valence-electron chi connectivity index (χ4n) is 4.12. The summed E-state index contributed by atoms with van der Waals surface area (Å²) in [6, 6.07) is 1.51. The van der Waals surface area contributed by atoms with Gasteiger partial charge in [0.1, 0.15) is 23.7 Å². The van der Waals surface area contributed by atoms with Gasteiger partial charge in [0.2, 0.25) is 11.5 Å². The number of hydrogen-bond donors (Lipinski definition) is 6. The predicted octanol–water partition coefficient (Wildman–Crippen LogP) is -1.84. The summed E-state index contributed by atoms with van der Waals surface area (Å²) in [6.45, 7) is 0.0655. The van der Waals surface area contributed by atoms with Gasteiger partial charge in [0, 0.05) is 28.9 Å². The average molecular weight is 561 g/mol. The van der Waals surface area contributed by atoms with Crippen LogP contribution in [0.15, 0.2) is 41.0 Å². The lowest BCUT2D eigenvalue weighted by Crippen LogP contribution is -2.71. The van der Waals surface area contributed by atoms with Gasteiger partial charge in [-0.2, -0.15) is 9.36 Å². The topological polar surface area (TPSA) is 247 Å². The number of nitrogens with two attached hydrogens (primary N) is 2. The number of rotatable bonds is 7. The first-order valence-electron chi connectivity index (χ1n) is 10.6. The molecule has 8 N–H and O–H groups in total. The molecule has 2 atom stereocenters. The van der Waals surface area contributed by atoms with Gasteiger partial charge in [-0.3, -0.25) is 19.8 Å². The fraction of sp³-hybridized carbons (Fsp3) is 0.211. The summed E-state index contributed by atoms with van der Waals surface area (Å²) >= 11 is 2.04. The van der Waals surface area contributed by atoms with Crippen molar-refractivity contribution in [1.82, 2.24) is 29.2 Å². The lowest BCUT2D eigenvalue weighted by atomic mass is 10.0. The molecule has 2 aliphatic rings. The number of amides is 4. The highest BCUT2D eigenvalue weighted by atomic mass is 32.2. The highest BCUT2D eigenvalue weighted by Crippen LogP contribution is 2.40. The van der Waals surface area contributed by atoms with Crippen LogP contribution >= 0.6 is 23.3 Å². The number of aromatic nitrogens is 5. The summed E-state index contributed by atoms with van der Waals surface area (Å²) in [6.07, 6.45) is 3.05. The van der Waals surface area contributed by atoms with E-state index in [2.05, 4.69) is 30.2 Å². The molecule has 5 heterocycles. The van der Waals surface area contributed by atoms with Crippen LogP contribution in [-0.2, 0) is 20.9 Å². The lowest BCUT2D eigenvalue weighted by Gasteiger charge is -2.49. The maximum absolute atomic E-state index is 13.0. The van der Waals surface area contributed by atoms with Gasteiger partial charge in [-0.1, -0.05) is 14.8 Å². The van der Waals surface area contributed by atoms with Crippen molar-refractivity contribution >= 4 is 69.4 Å². The van der Waals surface area contributed by atoms with Crippen LogP contribution in [0.25, 0.3) is 5.65 Å². The number of carboxylic acids is 1. The van der Waals surface area contributed by atoms with Gasteiger partial charge in [0.05, 0.1) is 6.20 Å². The first-order chi connectivity index (χ1) is 18.2. The number of thioether (sulfide) groups is 1. The molecule has 0 unspecified atom stereocenters. The molecule has 196 valence electrons. The summed E-state index contributed by atoms with van der Waals surface area (Å²) in [5, 5.41) is 30.6. The van der Waals surface area contributed by atoms with E-state index in [-0.39, 0.29) is 34.8 Å². The number of carboxylic acid groups (broad SMARTS) is 1. The molecule has 3 aromatic heterocycles. The third-order valence-corrected chi connectivity index (χ3v) is 7.53. The fourth-order valence-corrected chi connectivity index (χ4v) is 5.89. The Labute approximate surface area is 220 Å². The van der Waals surface area contributed by atoms with E-state index in [0.29, 0.717) is 11.2 Å². The number of urea groups is 1. The molecular weight excluding hydrogens is 542 g/mol. The zero-order valence-corrected chi connectivity index (χ0v) is 20.6. The Kier molecular flexibility index (Phi) is 6.28. The van der Waals surface area contributed by atoms with Crippen molar-refractivity contribution in [3.05, 3.63) is 41.6 Å². The van der Waals surface area contributed by atoms with Crippen LogP contribution in [0.4, 0.5) is 15.7 Å². The minimum atomic E-state index is -1.32. The van der Waals surface area contributed by atoms with Crippen LogP contribution in [0, 0.1) is 0 Å². The zero-order chi connectivity index (χ0) is 27.1. The third-order valence-electron chi connectivity index (χ3n) is 5.65. The van der Waals surface area contributed by atoms with Crippen molar-refractivity contribution in [3.63, 3.8) is 0 Å². The molecule has 17 nitrogen and oxygen atoms in total. The van der Waals surface area contributed by atoms with Crippen LogP contribution in [0.3, 0.4) is 0 Å². The molecule has 2 aliphatic heterocycles. The minimum Gasteiger partial charge on any atom is -0.477 e. The number of nitrogens with one attached hydrogen (secondary N) is 2. The zero-order valence-electron chi connectivity index (χ0n) is 19.0. The summed E-state index contributed by atoms with van der Waals surface area (Å²) in [5.74, 6) is -2.62. The summed E-state index contributed by atoms with van der Waals surface area (Å²) in [7, 11) is 0. The molecular formula is C19H18N11O6S2+. The Morgan fingerprint density at radius 2 is 2.13 bits per heavy atom. The number of aliphatic carboxylic acids is 1. The molecule has 38 heavy (non-hydrogen) atoms. The standard InChI is InChI=1S/C19H17N11O6S2/c20-18(35)23-8-5-28(9-2-1-3-22-30(8)9)4-7-6-37-16-11(15(32)29(16)12(7)17(33)34)24-14(31)10(26-36)13-25-19(21)38-27-13/h1-3,5,11,16H,4,6H2,(H7-,20,21,22,23,24,25,27,31,33,34,35,36)/p+1/t11-,16-/m1/s1. The first-order valence-corrected chi connectivity index (χ1v) is 12.5. The molecule has 0 bridgehead atoms. The minimum absolute atomic E-state index is 0.0497. The first kappa shape index (κ1) is 24.9. The van der Waals surface area contributed by atoms with Crippen molar-refractivity contribution in [3.8, 4) is 0 Å². The number of imidazole rings is 1. The number of oxime groups is 1. The van der Waals surface area contributed by atoms with Crippen LogP contribution in [0.2, 0.25) is 0 Å². The summed E-state index contributed by atoms with van der Waals surface area (Å²) in [4.78, 5) is 54.2. The second-order valence-electron chi connectivity index (χ2n) is 7.95. The molecule has 1 fully saturated rings. The van der Waals surface area contributed by atoms with Crippen molar-refractivity contribution in [1.29, 1.82) is 0 Å². The second kappa shape index (κ2) is 9.59. The largest absolute Gasteiger partial charge is 0.477 e. The van der Waals surface area contributed by atoms with E-state index >= 15 is 0 Å². The Bertz CT molecular complexity index is 1560. The van der Waals surface area contributed by atoms with Crippen LogP contribution in [0.1, 0.15) is 5.82 Å². The summed E-state index contributed by atoms with van der Waals surface area (Å²) in [5.41, 5.74) is 10.9. The Balaban J connectivity index is 1.39.